The van der Waals surface area contributed by atoms with Crippen molar-refractivity contribution in [1.82, 2.24) is 0 Å². The van der Waals surface area contributed by atoms with Crippen LogP contribution in [0.4, 0.5) is 5.69 Å². The highest BCUT2D eigenvalue weighted by atomic mass is 32.2. The van der Waals surface area contributed by atoms with Gasteiger partial charge in [0, 0.05) is 10.6 Å². The Morgan fingerprint density at radius 1 is 1.00 bits per heavy atom. The number of anilines is 1. The van der Waals surface area contributed by atoms with Gasteiger partial charge in [0.2, 0.25) is 0 Å². The number of para-hydroxylation sites is 1. The second-order valence-electron chi connectivity index (χ2n) is 6.43. The minimum atomic E-state index is -0.779. The summed E-state index contributed by atoms with van der Waals surface area (Å²) in [7, 11) is 0. The topological polar surface area (TPSA) is 96.1 Å². The van der Waals surface area contributed by atoms with Crippen molar-refractivity contribution >= 4 is 23.0 Å². The summed E-state index contributed by atoms with van der Waals surface area (Å²) in [4.78, 5) is 0.795. The van der Waals surface area contributed by atoms with Gasteiger partial charge in [0.1, 0.15) is 12.2 Å². The van der Waals surface area contributed by atoms with Gasteiger partial charge in [-0.15, -0.1) is 0 Å². The average Bonchev–Trinajstić information content (AvgIpc) is 2.70. The van der Waals surface area contributed by atoms with E-state index in [4.69, 9.17) is 11.5 Å². The molecule has 0 spiro atoms. The third-order valence-corrected chi connectivity index (χ3v) is 5.36. The van der Waals surface area contributed by atoms with E-state index in [1.807, 2.05) is 67.6 Å². The molecule has 0 radical (unpaired) electrons. The molecule has 3 rings (SSSR count). The van der Waals surface area contributed by atoms with Gasteiger partial charge in [-0.2, -0.15) is 5.26 Å². The van der Waals surface area contributed by atoms with Crippen molar-refractivity contribution in [1.29, 1.82) is 5.26 Å². The molecule has 5 heteroatoms. The van der Waals surface area contributed by atoms with Crippen LogP contribution in [0.3, 0.4) is 0 Å². The number of aliphatic hydroxyl groups excluding tert-OH is 1. The van der Waals surface area contributed by atoms with Gasteiger partial charge in [-0.05, 0) is 41.8 Å². The molecule has 1 unspecified atom stereocenters. The van der Waals surface area contributed by atoms with Gasteiger partial charge >= 0.3 is 0 Å². The Bertz CT molecular complexity index is 1070. The van der Waals surface area contributed by atoms with Crippen molar-refractivity contribution in [2.24, 2.45) is 5.73 Å². The lowest BCUT2D eigenvalue weighted by atomic mass is 9.97. The average molecular weight is 388 g/mol. The van der Waals surface area contributed by atoms with E-state index in [1.54, 1.807) is 12.1 Å². The van der Waals surface area contributed by atoms with E-state index in [0.29, 0.717) is 27.4 Å². The molecular weight excluding hydrogens is 366 g/mol. The maximum atomic E-state index is 10.8. The Balaban J connectivity index is 1.95. The van der Waals surface area contributed by atoms with Gasteiger partial charge < -0.3 is 16.6 Å². The molecule has 0 bridgehead atoms. The van der Waals surface area contributed by atoms with Crippen LogP contribution in [-0.2, 0) is 0 Å². The van der Waals surface area contributed by atoms with E-state index in [-0.39, 0.29) is 0 Å². The van der Waals surface area contributed by atoms with Crippen molar-refractivity contribution in [2.75, 3.05) is 5.73 Å². The SMILES string of the molecule is Cc1cccc(C(O)c2cccc(/C(C#N)=C(\N)Sc3ccccc3N)c2)c1. The van der Waals surface area contributed by atoms with Crippen LogP contribution >= 0.6 is 11.8 Å². The van der Waals surface area contributed by atoms with Crippen molar-refractivity contribution in [3.8, 4) is 6.07 Å². The molecule has 0 fully saturated rings. The monoisotopic (exact) mass is 387 g/mol. The molecule has 0 aliphatic heterocycles. The molecule has 1 atom stereocenters. The molecule has 0 heterocycles. The fraction of sp³-hybridized carbons (Fsp3) is 0.0870. The predicted molar refractivity (Wildman–Crippen MR) is 115 cm³/mol. The van der Waals surface area contributed by atoms with Crippen LogP contribution in [0.25, 0.3) is 5.57 Å². The highest BCUT2D eigenvalue weighted by molar-refractivity contribution is 8.03. The van der Waals surface area contributed by atoms with Crippen LogP contribution in [0.15, 0.2) is 82.7 Å². The zero-order valence-electron chi connectivity index (χ0n) is 15.5. The number of nitriles is 1. The maximum absolute atomic E-state index is 10.8. The molecule has 4 nitrogen and oxygen atoms in total. The van der Waals surface area contributed by atoms with Gasteiger partial charge in [0.05, 0.1) is 10.6 Å². The number of thioether (sulfide) groups is 1. The fourth-order valence-corrected chi connectivity index (χ4v) is 3.74. The lowest BCUT2D eigenvalue weighted by Crippen LogP contribution is -2.02. The number of hydrogen-bond acceptors (Lipinski definition) is 5. The van der Waals surface area contributed by atoms with Gasteiger partial charge in [-0.3, -0.25) is 0 Å². The van der Waals surface area contributed by atoms with E-state index in [9.17, 15) is 10.4 Å². The summed E-state index contributed by atoms with van der Waals surface area (Å²) >= 11 is 1.26. The summed E-state index contributed by atoms with van der Waals surface area (Å²) < 4.78 is 0. The smallest absolute Gasteiger partial charge is 0.104 e. The van der Waals surface area contributed by atoms with E-state index in [1.165, 1.54) is 11.8 Å². The highest BCUT2D eigenvalue weighted by Crippen LogP contribution is 2.33. The van der Waals surface area contributed by atoms with Crippen molar-refractivity contribution in [3.05, 3.63) is 100 Å². The Morgan fingerprint density at radius 3 is 2.36 bits per heavy atom. The fourth-order valence-electron chi connectivity index (χ4n) is 2.90. The number of hydrogen-bond donors (Lipinski definition) is 3. The zero-order valence-corrected chi connectivity index (χ0v) is 16.3. The lowest BCUT2D eigenvalue weighted by molar-refractivity contribution is 0.220. The van der Waals surface area contributed by atoms with Gasteiger partial charge in [-0.1, -0.05) is 71.9 Å². The number of benzene rings is 3. The molecule has 0 amide bonds. The molecule has 0 aliphatic carbocycles. The normalized spacial score (nSPS) is 12.8. The van der Waals surface area contributed by atoms with E-state index < -0.39 is 6.10 Å². The molecule has 0 saturated carbocycles. The van der Waals surface area contributed by atoms with Crippen molar-refractivity contribution in [2.45, 2.75) is 17.9 Å². The van der Waals surface area contributed by atoms with E-state index >= 15 is 0 Å². The van der Waals surface area contributed by atoms with Crippen LogP contribution < -0.4 is 11.5 Å². The van der Waals surface area contributed by atoms with E-state index in [2.05, 4.69) is 6.07 Å². The first-order chi connectivity index (χ1) is 13.5. The Labute approximate surface area is 169 Å². The molecule has 5 N–H and O–H groups in total. The second kappa shape index (κ2) is 8.66. The number of rotatable bonds is 5. The molecular formula is C23H21N3OS. The van der Waals surface area contributed by atoms with Crippen LogP contribution in [0.2, 0.25) is 0 Å². The van der Waals surface area contributed by atoms with Gasteiger partial charge in [0.25, 0.3) is 0 Å². The molecule has 0 aliphatic rings. The third kappa shape index (κ3) is 4.37. The molecule has 0 aromatic heterocycles. The molecule has 3 aromatic rings. The summed E-state index contributed by atoms with van der Waals surface area (Å²) in [6.45, 7) is 1.98. The summed E-state index contributed by atoms with van der Waals surface area (Å²) in [6, 6.07) is 24.5. The second-order valence-corrected chi connectivity index (χ2v) is 7.52. The number of nitrogens with zero attached hydrogens (tertiary/aromatic N) is 1. The first kappa shape index (κ1) is 19.6. The van der Waals surface area contributed by atoms with Crippen LogP contribution in [0.1, 0.15) is 28.4 Å². The van der Waals surface area contributed by atoms with Crippen LogP contribution in [0.5, 0.6) is 0 Å². The summed E-state index contributed by atoms with van der Waals surface area (Å²) in [6.07, 6.45) is -0.779. The summed E-state index contributed by atoms with van der Waals surface area (Å²) in [5.74, 6) is 0. The van der Waals surface area contributed by atoms with E-state index in [0.717, 1.165) is 16.0 Å². The van der Waals surface area contributed by atoms with Crippen molar-refractivity contribution in [3.63, 3.8) is 0 Å². The maximum Gasteiger partial charge on any atom is 0.104 e. The number of aryl methyl sites for hydroxylation is 1. The van der Waals surface area contributed by atoms with Crippen LogP contribution in [-0.4, -0.2) is 5.11 Å². The predicted octanol–water partition coefficient (Wildman–Crippen LogP) is 4.60. The number of nitrogens with two attached hydrogens (primary N) is 2. The Morgan fingerprint density at radius 2 is 1.68 bits per heavy atom. The third-order valence-electron chi connectivity index (χ3n) is 4.35. The number of allylic oxidation sites excluding steroid dienone is 1. The van der Waals surface area contributed by atoms with Crippen molar-refractivity contribution < 1.29 is 5.11 Å². The van der Waals surface area contributed by atoms with Gasteiger partial charge in [0.15, 0.2) is 0 Å². The number of aliphatic hydroxyl groups is 1. The zero-order chi connectivity index (χ0) is 20.1. The van der Waals surface area contributed by atoms with Gasteiger partial charge in [-0.25, -0.2) is 0 Å². The minimum Gasteiger partial charge on any atom is -0.398 e. The lowest BCUT2D eigenvalue weighted by Gasteiger charge is -2.14. The molecule has 3 aromatic carbocycles. The first-order valence-electron chi connectivity index (χ1n) is 8.76. The standard InChI is InChI=1S/C23H21N3OS/c1-15-6-4-8-17(12-15)22(27)18-9-5-7-16(13-18)19(14-24)23(26)28-21-11-3-2-10-20(21)25/h2-13,22,27H,25-26H2,1H3/b23-19+. The summed E-state index contributed by atoms with van der Waals surface area (Å²) in [5.41, 5.74) is 16.4. The van der Waals surface area contributed by atoms with Crippen LogP contribution in [0, 0.1) is 18.3 Å². The molecule has 0 saturated heterocycles. The minimum absolute atomic E-state index is 0.353. The quantitative estimate of drug-likeness (QED) is 0.338. The Hall–Kier alpha value is -3.20. The molecule has 28 heavy (non-hydrogen) atoms. The number of nitrogen functional groups attached to an aromatic ring is 1. The largest absolute Gasteiger partial charge is 0.398 e. The highest BCUT2D eigenvalue weighted by Gasteiger charge is 2.14. The first-order valence-corrected chi connectivity index (χ1v) is 9.58. The molecule has 140 valence electrons. The Kier molecular flexibility index (Phi) is 6.05. The summed E-state index contributed by atoms with van der Waals surface area (Å²) in [5, 5.41) is 20.8.